The summed E-state index contributed by atoms with van der Waals surface area (Å²) >= 11 is 0. The minimum absolute atomic E-state index is 0.0116. The quantitative estimate of drug-likeness (QED) is 0.554. The van der Waals surface area contributed by atoms with Crippen molar-refractivity contribution in [3.05, 3.63) is 16.7 Å². The number of benzene rings is 1. The first-order valence-electron chi connectivity index (χ1n) is 10.8. The van der Waals surface area contributed by atoms with Crippen molar-refractivity contribution in [1.82, 2.24) is 0 Å². The molecule has 158 valence electrons. The van der Waals surface area contributed by atoms with Crippen LogP contribution in [0.2, 0.25) is 0 Å². The standard InChI is InChI=1S/C24H32O5/c1-12(2)8-17(26)19-20(27)15-9-14-7-6-13-10-18(23(13,3)4)24(14,5)29-22(15)16(11-25)21(19)28/h11-14,18,27-28H,6-10H2,1-5H3/t13-,14+,18+,24-/m0/s1. The fourth-order valence-electron chi connectivity index (χ4n) is 6.31. The Hall–Kier alpha value is -2.04. The molecule has 29 heavy (non-hydrogen) atoms. The van der Waals surface area contributed by atoms with E-state index in [1.165, 1.54) is 0 Å². The van der Waals surface area contributed by atoms with Gasteiger partial charge in [-0.25, -0.2) is 0 Å². The number of ether oxygens (including phenoxy) is 1. The van der Waals surface area contributed by atoms with Crippen molar-refractivity contribution >= 4 is 12.1 Å². The van der Waals surface area contributed by atoms with Crippen molar-refractivity contribution in [2.75, 3.05) is 0 Å². The molecule has 1 aromatic carbocycles. The van der Waals surface area contributed by atoms with Crippen LogP contribution in [0.25, 0.3) is 0 Å². The van der Waals surface area contributed by atoms with Gasteiger partial charge in [-0.1, -0.05) is 27.7 Å². The van der Waals surface area contributed by atoms with Crippen molar-refractivity contribution < 1.29 is 24.5 Å². The van der Waals surface area contributed by atoms with Gasteiger partial charge in [0, 0.05) is 23.8 Å². The van der Waals surface area contributed by atoms with Crippen molar-refractivity contribution in [3.8, 4) is 17.2 Å². The molecule has 1 heterocycles. The molecule has 4 aliphatic rings. The molecule has 3 fully saturated rings. The summed E-state index contributed by atoms with van der Waals surface area (Å²) in [5.74, 6) is 0.538. The van der Waals surface area contributed by atoms with E-state index < -0.39 is 11.4 Å². The minimum atomic E-state index is -0.455. The molecule has 3 saturated carbocycles. The summed E-state index contributed by atoms with van der Waals surface area (Å²) in [5.41, 5.74) is 0.0623. The molecule has 5 rings (SSSR count). The van der Waals surface area contributed by atoms with Gasteiger partial charge in [-0.15, -0.1) is 0 Å². The van der Waals surface area contributed by atoms with E-state index >= 15 is 0 Å². The Morgan fingerprint density at radius 3 is 2.41 bits per heavy atom. The van der Waals surface area contributed by atoms with Crippen LogP contribution in [0, 0.1) is 29.1 Å². The number of aldehydes is 1. The lowest BCUT2D eigenvalue weighted by Crippen LogP contribution is -2.60. The highest BCUT2D eigenvalue weighted by molar-refractivity contribution is 6.05. The largest absolute Gasteiger partial charge is 0.507 e. The summed E-state index contributed by atoms with van der Waals surface area (Å²) in [6.45, 7) is 10.5. The van der Waals surface area contributed by atoms with Crippen LogP contribution < -0.4 is 4.74 Å². The highest BCUT2D eigenvalue weighted by atomic mass is 16.5. The number of fused-ring (bicyclic) bond motifs is 2. The fourth-order valence-corrected chi connectivity index (χ4v) is 6.31. The van der Waals surface area contributed by atoms with Crippen molar-refractivity contribution in [2.24, 2.45) is 29.1 Å². The molecular weight excluding hydrogens is 368 g/mol. The summed E-state index contributed by atoms with van der Waals surface area (Å²) in [6.07, 6.45) is 4.52. The number of hydrogen-bond acceptors (Lipinski definition) is 5. The third-order valence-electron chi connectivity index (χ3n) is 8.13. The highest BCUT2D eigenvalue weighted by Gasteiger charge is 2.63. The lowest BCUT2D eigenvalue weighted by Gasteiger charge is -2.59. The van der Waals surface area contributed by atoms with Gasteiger partial charge in [-0.2, -0.15) is 0 Å². The van der Waals surface area contributed by atoms with E-state index in [4.69, 9.17) is 4.74 Å². The third kappa shape index (κ3) is 2.72. The van der Waals surface area contributed by atoms with Gasteiger partial charge in [-0.05, 0) is 49.9 Å². The number of phenolic OH excluding ortho intramolecular Hbond substituents is 2. The Balaban J connectivity index is 1.85. The molecule has 0 unspecified atom stereocenters. The Morgan fingerprint density at radius 1 is 1.17 bits per heavy atom. The average molecular weight is 401 g/mol. The number of ketones is 1. The number of Topliss-reactive ketones (excluding diaryl/α,β-unsaturated/α-hetero) is 1. The molecule has 0 amide bonds. The van der Waals surface area contributed by atoms with Gasteiger partial charge < -0.3 is 14.9 Å². The molecular formula is C24H32O5. The zero-order chi connectivity index (χ0) is 21.3. The summed E-state index contributed by atoms with van der Waals surface area (Å²) in [7, 11) is 0. The Bertz CT molecular complexity index is 884. The van der Waals surface area contributed by atoms with Crippen LogP contribution in [0.1, 0.15) is 86.6 Å². The molecule has 0 aromatic heterocycles. The highest BCUT2D eigenvalue weighted by Crippen LogP contribution is 2.65. The lowest BCUT2D eigenvalue weighted by molar-refractivity contribution is -0.143. The van der Waals surface area contributed by atoms with Gasteiger partial charge in [-0.3, -0.25) is 9.59 Å². The predicted molar refractivity (Wildman–Crippen MR) is 110 cm³/mol. The fraction of sp³-hybridized carbons (Fsp3) is 0.667. The zero-order valence-corrected chi connectivity index (χ0v) is 18.0. The summed E-state index contributed by atoms with van der Waals surface area (Å²) in [5, 5.41) is 21.7. The summed E-state index contributed by atoms with van der Waals surface area (Å²) in [4.78, 5) is 24.6. The molecule has 0 saturated heterocycles. The molecule has 5 nitrogen and oxygen atoms in total. The van der Waals surface area contributed by atoms with Gasteiger partial charge >= 0.3 is 0 Å². The van der Waals surface area contributed by atoms with E-state index in [0.717, 1.165) is 19.3 Å². The number of carbonyl (C=O) groups is 2. The first-order chi connectivity index (χ1) is 13.5. The van der Waals surface area contributed by atoms with Gasteiger partial charge in [0.05, 0.1) is 5.56 Å². The number of aromatic hydroxyl groups is 2. The molecule has 1 aliphatic heterocycles. The van der Waals surface area contributed by atoms with E-state index in [9.17, 15) is 19.8 Å². The van der Waals surface area contributed by atoms with Gasteiger partial charge in [0.15, 0.2) is 12.1 Å². The lowest BCUT2D eigenvalue weighted by atomic mass is 9.50. The van der Waals surface area contributed by atoms with Crippen LogP contribution in [0.4, 0.5) is 0 Å². The second kappa shape index (κ2) is 6.48. The van der Waals surface area contributed by atoms with E-state index in [2.05, 4.69) is 20.8 Å². The first kappa shape index (κ1) is 20.2. The number of carbonyl (C=O) groups excluding carboxylic acids is 2. The second-order valence-corrected chi connectivity index (χ2v) is 10.5. The van der Waals surface area contributed by atoms with Crippen LogP contribution >= 0.6 is 0 Å². The van der Waals surface area contributed by atoms with Crippen molar-refractivity contribution in [1.29, 1.82) is 0 Å². The van der Waals surface area contributed by atoms with Gasteiger partial charge in [0.2, 0.25) is 0 Å². The number of hydrogen-bond donors (Lipinski definition) is 2. The maximum absolute atomic E-state index is 12.7. The molecule has 4 atom stereocenters. The number of phenols is 2. The minimum Gasteiger partial charge on any atom is -0.507 e. The van der Waals surface area contributed by atoms with Crippen LogP contribution in [-0.2, 0) is 6.42 Å². The summed E-state index contributed by atoms with van der Waals surface area (Å²) in [6, 6.07) is 0. The van der Waals surface area contributed by atoms with E-state index in [1.54, 1.807) is 0 Å². The normalized spacial score (nSPS) is 31.7. The Labute approximate surface area is 172 Å². The van der Waals surface area contributed by atoms with Crippen LogP contribution in [0.15, 0.2) is 0 Å². The summed E-state index contributed by atoms with van der Waals surface area (Å²) < 4.78 is 6.53. The molecule has 0 spiro atoms. The van der Waals surface area contributed by atoms with E-state index in [0.29, 0.717) is 30.1 Å². The molecule has 1 aromatic rings. The molecule has 2 bridgehead atoms. The molecule has 3 aliphatic carbocycles. The zero-order valence-electron chi connectivity index (χ0n) is 18.0. The SMILES string of the molecule is CC(C)CC(=O)c1c(O)c(C=O)c2c(c1O)C[C@H]1CC[C@H]3C[C@H](C3(C)C)[C@@]1(C)O2. The van der Waals surface area contributed by atoms with E-state index in [1.807, 2.05) is 13.8 Å². The second-order valence-electron chi connectivity index (χ2n) is 10.5. The smallest absolute Gasteiger partial charge is 0.170 e. The van der Waals surface area contributed by atoms with Crippen molar-refractivity contribution in [3.63, 3.8) is 0 Å². The maximum Gasteiger partial charge on any atom is 0.170 e. The van der Waals surface area contributed by atoms with Crippen LogP contribution in [-0.4, -0.2) is 27.9 Å². The topological polar surface area (TPSA) is 83.8 Å². The molecule has 0 radical (unpaired) electrons. The number of rotatable bonds is 4. The predicted octanol–water partition coefficient (Wildman–Crippen LogP) is 4.91. The third-order valence-corrected chi connectivity index (χ3v) is 8.13. The average Bonchev–Trinajstić information content (AvgIpc) is 2.82. The first-order valence-corrected chi connectivity index (χ1v) is 10.8. The van der Waals surface area contributed by atoms with E-state index in [-0.39, 0.29) is 52.1 Å². The van der Waals surface area contributed by atoms with Crippen LogP contribution in [0.3, 0.4) is 0 Å². The van der Waals surface area contributed by atoms with Crippen LogP contribution in [0.5, 0.6) is 17.2 Å². The van der Waals surface area contributed by atoms with Crippen molar-refractivity contribution in [2.45, 2.75) is 72.3 Å². The monoisotopic (exact) mass is 400 g/mol. The Kier molecular flexibility index (Phi) is 4.52. The molecule has 2 N–H and O–H groups in total. The van der Waals surface area contributed by atoms with Gasteiger partial charge in [0.1, 0.15) is 28.4 Å². The Morgan fingerprint density at radius 2 is 1.83 bits per heavy atom. The van der Waals surface area contributed by atoms with Gasteiger partial charge in [0.25, 0.3) is 0 Å². The molecule has 5 heteroatoms. The maximum atomic E-state index is 12.7.